The van der Waals surface area contributed by atoms with Crippen LogP contribution in [-0.2, 0) is 19.1 Å². The van der Waals surface area contributed by atoms with Gasteiger partial charge in [-0.2, -0.15) is 5.26 Å². The van der Waals surface area contributed by atoms with Gasteiger partial charge in [-0.1, -0.05) is 24.3 Å². The third-order valence-electron chi connectivity index (χ3n) is 7.26. The number of nitrogens with zero attached hydrogens (tertiary/aromatic N) is 2. The third-order valence-corrected chi connectivity index (χ3v) is 7.26. The van der Waals surface area contributed by atoms with Crippen molar-refractivity contribution in [2.24, 2.45) is 11.8 Å². The number of carbonyl (C=O) groups is 3. The van der Waals surface area contributed by atoms with Crippen LogP contribution in [-0.4, -0.2) is 34.1 Å². The molecule has 2 amide bonds. The monoisotopic (exact) mass is 418 g/mol. The number of benzene rings is 2. The van der Waals surface area contributed by atoms with Crippen molar-refractivity contribution in [3.05, 3.63) is 42.0 Å². The molecule has 0 spiro atoms. The fraction of sp³-hybridized carbons (Fsp3) is 0.417. The van der Waals surface area contributed by atoms with E-state index in [-0.39, 0.29) is 18.2 Å². The van der Waals surface area contributed by atoms with Crippen LogP contribution in [0.2, 0.25) is 0 Å². The first-order chi connectivity index (χ1) is 14.8. The van der Waals surface area contributed by atoms with Crippen LogP contribution < -0.4 is 4.90 Å². The van der Waals surface area contributed by atoms with Gasteiger partial charge in [0, 0.05) is 17.2 Å². The molecule has 7 heteroatoms. The lowest BCUT2D eigenvalue weighted by Crippen LogP contribution is -2.42. The number of amides is 2. The van der Waals surface area contributed by atoms with Crippen LogP contribution in [0, 0.1) is 23.2 Å². The summed E-state index contributed by atoms with van der Waals surface area (Å²) in [4.78, 5) is 39.5. The number of nitriles is 1. The number of aliphatic carboxylic acids is 1. The summed E-state index contributed by atoms with van der Waals surface area (Å²) >= 11 is 0. The lowest BCUT2D eigenvalue weighted by molar-refractivity contribution is -0.137. The van der Waals surface area contributed by atoms with E-state index in [9.17, 15) is 19.6 Å². The van der Waals surface area contributed by atoms with Gasteiger partial charge < -0.3 is 9.84 Å². The van der Waals surface area contributed by atoms with Gasteiger partial charge in [0.1, 0.15) is 0 Å². The number of carboxylic acids is 1. The summed E-state index contributed by atoms with van der Waals surface area (Å²) in [5, 5.41) is 19.8. The van der Waals surface area contributed by atoms with Crippen LogP contribution in [0.5, 0.6) is 0 Å². The molecule has 0 radical (unpaired) electrons. The van der Waals surface area contributed by atoms with Crippen LogP contribution in [0.4, 0.5) is 5.69 Å². The van der Waals surface area contributed by atoms with Crippen molar-refractivity contribution >= 4 is 34.2 Å². The number of hydrogen-bond acceptors (Lipinski definition) is 5. The number of hydrogen-bond donors (Lipinski definition) is 1. The van der Waals surface area contributed by atoms with Crippen molar-refractivity contribution in [2.45, 2.75) is 50.2 Å². The Balaban J connectivity index is 1.57. The average molecular weight is 418 g/mol. The highest BCUT2D eigenvalue weighted by atomic mass is 16.5. The van der Waals surface area contributed by atoms with Crippen molar-refractivity contribution in [1.82, 2.24) is 0 Å². The second kappa shape index (κ2) is 6.63. The van der Waals surface area contributed by atoms with Crippen LogP contribution in [0.3, 0.4) is 0 Å². The first-order valence-electron chi connectivity index (χ1n) is 10.5. The molecule has 2 aromatic rings. The van der Waals surface area contributed by atoms with Crippen molar-refractivity contribution in [3.63, 3.8) is 0 Å². The maximum atomic E-state index is 13.7. The highest BCUT2D eigenvalue weighted by molar-refractivity contribution is 6.26. The number of ether oxygens (including phenoxy) is 1. The Morgan fingerprint density at radius 1 is 1.16 bits per heavy atom. The van der Waals surface area contributed by atoms with Gasteiger partial charge in [0.15, 0.2) is 0 Å². The zero-order chi connectivity index (χ0) is 22.0. The van der Waals surface area contributed by atoms with Crippen molar-refractivity contribution in [3.8, 4) is 6.07 Å². The number of carboxylic acid groups (broad SMARTS) is 1. The average Bonchev–Trinajstić information content (AvgIpc) is 3.32. The minimum atomic E-state index is -0.883. The fourth-order valence-corrected chi connectivity index (χ4v) is 5.96. The molecule has 158 valence electrons. The molecule has 3 saturated heterocycles. The van der Waals surface area contributed by atoms with Crippen LogP contribution in [0.15, 0.2) is 36.4 Å². The molecule has 31 heavy (non-hydrogen) atoms. The molecule has 7 nitrogen and oxygen atoms in total. The third kappa shape index (κ3) is 2.64. The van der Waals surface area contributed by atoms with Gasteiger partial charge in [-0.3, -0.25) is 14.4 Å². The highest BCUT2D eigenvalue weighted by Gasteiger charge is 2.73. The van der Waals surface area contributed by atoms with E-state index in [1.54, 1.807) is 12.1 Å². The summed E-state index contributed by atoms with van der Waals surface area (Å²) in [6.45, 7) is 1.89. The quantitative estimate of drug-likeness (QED) is 0.746. The van der Waals surface area contributed by atoms with Gasteiger partial charge in [0.05, 0.1) is 40.4 Å². The minimum absolute atomic E-state index is 0.00528. The first-order valence-corrected chi connectivity index (χ1v) is 10.5. The molecule has 0 unspecified atom stereocenters. The summed E-state index contributed by atoms with van der Waals surface area (Å²) < 4.78 is 6.34. The second-order valence-corrected chi connectivity index (χ2v) is 8.98. The minimum Gasteiger partial charge on any atom is -0.481 e. The van der Waals surface area contributed by atoms with Gasteiger partial charge in [-0.15, -0.1) is 0 Å². The van der Waals surface area contributed by atoms with Gasteiger partial charge in [0.2, 0.25) is 11.8 Å². The summed E-state index contributed by atoms with van der Waals surface area (Å²) in [5.41, 5.74) is -0.543. The van der Waals surface area contributed by atoms with Gasteiger partial charge in [-0.25, -0.2) is 4.90 Å². The topological polar surface area (TPSA) is 108 Å². The molecule has 1 N–H and O–H groups in total. The molecule has 3 aliphatic rings. The van der Waals surface area contributed by atoms with Gasteiger partial charge >= 0.3 is 5.97 Å². The van der Waals surface area contributed by atoms with E-state index >= 15 is 0 Å². The Morgan fingerprint density at radius 3 is 2.58 bits per heavy atom. The molecule has 2 bridgehead atoms. The molecule has 2 aromatic carbocycles. The van der Waals surface area contributed by atoms with Crippen molar-refractivity contribution < 1.29 is 24.2 Å². The summed E-state index contributed by atoms with van der Waals surface area (Å²) in [5.74, 6) is -2.63. The predicted molar refractivity (Wildman–Crippen MR) is 111 cm³/mol. The van der Waals surface area contributed by atoms with E-state index in [0.29, 0.717) is 47.7 Å². The number of imide groups is 1. The first kappa shape index (κ1) is 19.7. The summed E-state index contributed by atoms with van der Waals surface area (Å²) in [6.07, 6.45) is 2.16. The Morgan fingerprint density at radius 2 is 1.87 bits per heavy atom. The summed E-state index contributed by atoms with van der Waals surface area (Å²) in [7, 11) is 0. The summed E-state index contributed by atoms with van der Waals surface area (Å²) in [6, 6.07) is 12.7. The van der Waals surface area contributed by atoms with Crippen LogP contribution in [0.1, 0.15) is 44.6 Å². The maximum Gasteiger partial charge on any atom is 0.303 e. The maximum absolute atomic E-state index is 13.7. The lowest BCUT2D eigenvalue weighted by Gasteiger charge is -2.31. The molecule has 3 heterocycles. The number of fused-ring (bicyclic) bond motifs is 6. The molecular formula is C24H22N2O5. The van der Waals surface area contributed by atoms with E-state index in [1.165, 1.54) is 4.90 Å². The molecular weight excluding hydrogens is 396 g/mol. The van der Waals surface area contributed by atoms with Gasteiger partial charge in [0.25, 0.3) is 0 Å². The molecule has 0 saturated carbocycles. The lowest BCUT2D eigenvalue weighted by atomic mass is 9.67. The van der Waals surface area contributed by atoms with E-state index in [0.717, 1.165) is 0 Å². The van der Waals surface area contributed by atoms with Crippen LogP contribution >= 0.6 is 0 Å². The largest absolute Gasteiger partial charge is 0.481 e. The van der Waals surface area contributed by atoms with E-state index in [4.69, 9.17) is 9.84 Å². The second-order valence-electron chi connectivity index (χ2n) is 8.98. The van der Waals surface area contributed by atoms with Crippen molar-refractivity contribution in [2.75, 3.05) is 4.90 Å². The molecule has 0 aliphatic carbocycles. The zero-order valence-corrected chi connectivity index (χ0v) is 17.1. The predicted octanol–water partition coefficient (Wildman–Crippen LogP) is 3.39. The standard InChI is InChI=1S/C24H22N2O5/c1-23-11-12-24(31-23,10-4-7-18(27)28)20-19(23)21(29)26(22(20)30)17-9-8-14(13-25)15-5-2-3-6-16(15)17/h2-3,5-6,8-9,19-20H,4,7,10-12H2,1H3,(H,27,28)/t19-,20+,23-,24+/m0/s1. The van der Waals surface area contributed by atoms with Crippen LogP contribution in [0.25, 0.3) is 10.8 Å². The fourth-order valence-electron chi connectivity index (χ4n) is 5.96. The smallest absolute Gasteiger partial charge is 0.303 e. The molecule has 5 rings (SSSR count). The number of rotatable bonds is 5. The molecule has 4 atom stereocenters. The van der Waals surface area contributed by atoms with E-state index in [2.05, 4.69) is 6.07 Å². The Bertz CT molecular complexity index is 1180. The highest BCUT2D eigenvalue weighted by Crippen LogP contribution is 2.62. The zero-order valence-electron chi connectivity index (χ0n) is 17.1. The van der Waals surface area contributed by atoms with E-state index < -0.39 is 29.0 Å². The SMILES string of the molecule is C[C@@]12CC[C@@](CCCC(=O)O)(O1)[C@H]1C(=O)N(c3ccc(C#N)c4ccccc34)C(=O)[C@H]12. The molecule has 3 aliphatic heterocycles. The Kier molecular flexibility index (Phi) is 4.21. The van der Waals surface area contributed by atoms with E-state index in [1.807, 2.05) is 31.2 Å². The molecule has 3 fully saturated rings. The number of anilines is 1. The number of carbonyl (C=O) groups excluding carboxylic acids is 2. The Labute approximate surface area is 179 Å². The Hall–Kier alpha value is -3.24. The van der Waals surface area contributed by atoms with Gasteiger partial charge in [-0.05, 0) is 44.7 Å². The molecule has 0 aromatic heterocycles. The normalized spacial score (nSPS) is 31.3. The van der Waals surface area contributed by atoms with Crippen molar-refractivity contribution in [1.29, 1.82) is 5.26 Å².